The summed E-state index contributed by atoms with van der Waals surface area (Å²) >= 11 is 0. The molecule has 0 aliphatic rings. The monoisotopic (exact) mass is 191 g/mol. The Bertz CT molecular complexity index is 305. The lowest BCUT2D eigenvalue weighted by molar-refractivity contribution is 0.475. The Kier molecular flexibility index (Phi) is 3.71. The summed E-state index contributed by atoms with van der Waals surface area (Å²) in [6.45, 7) is 9.45. The highest BCUT2D eigenvalue weighted by molar-refractivity contribution is 5.25. The summed E-state index contributed by atoms with van der Waals surface area (Å²) in [5.41, 5.74) is -0.319. The van der Waals surface area contributed by atoms with Gasteiger partial charge >= 0.3 is 0 Å². The van der Waals surface area contributed by atoms with Crippen LogP contribution < -0.4 is 5.32 Å². The molecule has 0 atom stereocenters. The molecule has 0 aromatic heterocycles. The van der Waals surface area contributed by atoms with Crippen molar-refractivity contribution >= 4 is 0 Å². The van der Waals surface area contributed by atoms with Gasteiger partial charge in [0.15, 0.2) is 0 Å². The third-order valence-corrected chi connectivity index (χ3v) is 1.42. The molecule has 0 aliphatic carbocycles. The molecule has 1 N–H and O–H groups in total. The molecule has 0 aromatic carbocycles. The molecular weight excluding hydrogens is 174 g/mol. The molecule has 0 amide bonds. The second-order valence-corrected chi connectivity index (χ2v) is 4.88. The van der Waals surface area contributed by atoms with Crippen molar-refractivity contribution in [2.75, 3.05) is 0 Å². The highest BCUT2D eigenvalue weighted by atomic mass is 15.0. The molecule has 3 heteroatoms. The van der Waals surface area contributed by atoms with Crippen molar-refractivity contribution in [3.63, 3.8) is 0 Å². The van der Waals surface area contributed by atoms with E-state index in [9.17, 15) is 0 Å². The van der Waals surface area contributed by atoms with Gasteiger partial charge in [-0.2, -0.15) is 10.5 Å². The van der Waals surface area contributed by atoms with E-state index in [0.29, 0.717) is 5.70 Å². The van der Waals surface area contributed by atoms with Gasteiger partial charge in [0.05, 0.1) is 11.5 Å². The standard InChI is InChI=1S/C11H17N3/c1-10(2,3)14-9(7-12)6-11(4,5)8-13/h6,14H,1-5H3/b9-6+. The molecule has 3 nitrogen and oxygen atoms in total. The van der Waals surface area contributed by atoms with E-state index in [1.807, 2.05) is 26.8 Å². The maximum Gasteiger partial charge on any atom is 0.117 e. The van der Waals surface area contributed by atoms with Crippen LogP contribution in [0.3, 0.4) is 0 Å². The van der Waals surface area contributed by atoms with Crippen molar-refractivity contribution in [3.8, 4) is 12.1 Å². The molecule has 0 aliphatic heterocycles. The van der Waals surface area contributed by atoms with Crippen LogP contribution in [0.5, 0.6) is 0 Å². The Morgan fingerprint density at radius 3 is 1.93 bits per heavy atom. The van der Waals surface area contributed by atoms with Crippen molar-refractivity contribution in [1.82, 2.24) is 5.32 Å². The fourth-order valence-corrected chi connectivity index (χ4v) is 0.893. The smallest absolute Gasteiger partial charge is 0.117 e. The molecule has 76 valence electrons. The Balaban J connectivity index is 4.79. The van der Waals surface area contributed by atoms with Crippen molar-refractivity contribution in [2.45, 2.75) is 40.2 Å². The van der Waals surface area contributed by atoms with Crippen molar-refractivity contribution in [3.05, 3.63) is 11.8 Å². The predicted molar refractivity (Wildman–Crippen MR) is 56.0 cm³/mol. The van der Waals surface area contributed by atoms with Gasteiger partial charge in [0.2, 0.25) is 0 Å². The number of hydrogen-bond acceptors (Lipinski definition) is 3. The Morgan fingerprint density at radius 1 is 1.14 bits per heavy atom. The summed E-state index contributed by atoms with van der Waals surface area (Å²) in [5, 5.41) is 20.7. The Labute approximate surface area is 86.0 Å². The molecule has 0 saturated heterocycles. The van der Waals surface area contributed by atoms with E-state index in [-0.39, 0.29) is 5.54 Å². The zero-order valence-electron chi connectivity index (χ0n) is 9.47. The van der Waals surface area contributed by atoms with Crippen LogP contribution in [0, 0.1) is 28.1 Å². The Morgan fingerprint density at radius 2 is 1.64 bits per heavy atom. The molecule has 0 heterocycles. The average Bonchev–Trinajstić information content (AvgIpc) is 2.00. The molecule has 0 aromatic rings. The first-order valence-electron chi connectivity index (χ1n) is 4.52. The highest BCUT2D eigenvalue weighted by Crippen LogP contribution is 2.17. The van der Waals surface area contributed by atoms with Crippen LogP contribution in [0.1, 0.15) is 34.6 Å². The molecule has 0 unspecified atom stereocenters. The fraction of sp³-hybridized carbons (Fsp3) is 0.636. The van der Waals surface area contributed by atoms with Crippen LogP contribution in [-0.4, -0.2) is 5.54 Å². The molecule has 0 radical (unpaired) electrons. The summed E-state index contributed by atoms with van der Waals surface area (Å²) in [4.78, 5) is 0. The minimum atomic E-state index is -0.608. The first-order chi connectivity index (χ1) is 6.20. The number of nitrogens with zero attached hydrogens (tertiary/aromatic N) is 2. The van der Waals surface area contributed by atoms with Crippen LogP contribution in [-0.2, 0) is 0 Å². The van der Waals surface area contributed by atoms with Gasteiger partial charge in [-0.05, 0) is 40.7 Å². The lowest BCUT2D eigenvalue weighted by atomic mass is 9.94. The molecule has 0 rings (SSSR count). The molecule has 0 spiro atoms. The summed E-state index contributed by atoms with van der Waals surface area (Å²) in [5.74, 6) is 0. The van der Waals surface area contributed by atoms with Crippen LogP contribution in [0.25, 0.3) is 0 Å². The quantitative estimate of drug-likeness (QED) is 0.681. The Hall–Kier alpha value is -1.48. The minimum absolute atomic E-state index is 0.160. The highest BCUT2D eigenvalue weighted by Gasteiger charge is 2.17. The van der Waals surface area contributed by atoms with Gasteiger partial charge in [-0.25, -0.2) is 0 Å². The third kappa shape index (κ3) is 5.22. The predicted octanol–water partition coefficient (Wildman–Crippen LogP) is 2.33. The topological polar surface area (TPSA) is 59.6 Å². The van der Waals surface area contributed by atoms with E-state index in [4.69, 9.17) is 10.5 Å². The van der Waals surface area contributed by atoms with Gasteiger partial charge < -0.3 is 5.32 Å². The zero-order valence-corrected chi connectivity index (χ0v) is 9.47. The van der Waals surface area contributed by atoms with E-state index in [1.54, 1.807) is 19.9 Å². The number of allylic oxidation sites excluding steroid dienone is 2. The van der Waals surface area contributed by atoms with Crippen LogP contribution in [0.2, 0.25) is 0 Å². The fourth-order valence-electron chi connectivity index (χ4n) is 0.893. The van der Waals surface area contributed by atoms with E-state index in [1.165, 1.54) is 0 Å². The van der Waals surface area contributed by atoms with Crippen LogP contribution in [0.4, 0.5) is 0 Å². The first-order valence-corrected chi connectivity index (χ1v) is 4.52. The van der Waals surface area contributed by atoms with Gasteiger partial charge in [0.1, 0.15) is 11.8 Å². The minimum Gasteiger partial charge on any atom is -0.372 e. The maximum absolute atomic E-state index is 8.86. The lowest BCUT2D eigenvalue weighted by Crippen LogP contribution is -2.35. The van der Waals surface area contributed by atoms with Gasteiger partial charge in [-0.3, -0.25) is 0 Å². The average molecular weight is 191 g/mol. The van der Waals surface area contributed by atoms with Crippen molar-refractivity contribution in [1.29, 1.82) is 10.5 Å². The van der Waals surface area contributed by atoms with Gasteiger partial charge in [-0.1, -0.05) is 0 Å². The van der Waals surface area contributed by atoms with Crippen LogP contribution >= 0.6 is 0 Å². The number of nitriles is 2. The van der Waals surface area contributed by atoms with Gasteiger partial charge in [-0.15, -0.1) is 0 Å². The maximum atomic E-state index is 8.86. The van der Waals surface area contributed by atoms with E-state index < -0.39 is 5.41 Å². The third-order valence-electron chi connectivity index (χ3n) is 1.42. The number of nitrogens with one attached hydrogen (secondary N) is 1. The second kappa shape index (κ2) is 4.15. The lowest BCUT2D eigenvalue weighted by Gasteiger charge is -2.22. The second-order valence-electron chi connectivity index (χ2n) is 4.88. The molecule has 0 saturated carbocycles. The molecule has 0 fully saturated rings. The summed E-state index contributed by atoms with van der Waals surface area (Å²) in [7, 11) is 0. The first kappa shape index (κ1) is 12.5. The SMILES string of the molecule is CC(C)(C#N)/C=C(\C#N)NC(C)(C)C. The van der Waals surface area contributed by atoms with Gasteiger partial charge in [0.25, 0.3) is 0 Å². The molecular formula is C11H17N3. The zero-order chi connectivity index (χ0) is 11.4. The molecule has 14 heavy (non-hydrogen) atoms. The van der Waals surface area contributed by atoms with Crippen LogP contribution in [0.15, 0.2) is 11.8 Å². The number of hydrogen-bond donors (Lipinski definition) is 1. The van der Waals surface area contributed by atoms with Crippen molar-refractivity contribution in [2.24, 2.45) is 5.41 Å². The largest absolute Gasteiger partial charge is 0.372 e. The molecule has 0 bridgehead atoms. The summed E-state index contributed by atoms with van der Waals surface area (Å²) in [6, 6.07) is 4.17. The number of rotatable bonds is 2. The summed E-state index contributed by atoms with van der Waals surface area (Å²) in [6.07, 6.45) is 1.65. The van der Waals surface area contributed by atoms with E-state index >= 15 is 0 Å². The van der Waals surface area contributed by atoms with Crippen molar-refractivity contribution < 1.29 is 0 Å². The van der Waals surface area contributed by atoms with Gasteiger partial charge in [0, 0.05) is 5.54 Å². The van der Waals surface area contributed by atoms with E-state index in [2.05, 4.69) is 11.4 Å². The van der Waals surface area contributed by atoms with E-state index in [0.717, 1.165) is 0 Å². The summed E-state index contributed by atoms with van der Waals surface area (Å²) < 4.78 is 0. The normalized spacial score (nSPS) is 12.9.